The zero-order chi connectivity index (χ0) is 20.9. The molecule has 5 nitrogen and oxygen atoms in total. The lowest BCUT2D eigenvalue weighted by atomic mass is 10.2. The highest BCUT2D eigenvalue weighted by Crippen LogP contribution is 2.27. The van der Waals surface area contributed by atoms with E-state index in [-0.39, 0.29) is 30.1 Å². The molecule has 2 aromatic carbocycles. The Morgan fingerprint density at radius 3 is 2.55 bits per heavy atom. The van der Waals surface area contributed by atoms with Gasteiger partial charge >= 0.3 is 6.18 Å². The molecule has 3 rings (SSSR count). The third-order valence-electron chi connectivity index (χ3n) is 3.80. The molecule has 0 aliphatic heterocycles. The van der Waals surface area contributed by atoms with Crippen molar-refractivity contribution in [2.24, 2.45) is 0 Å². The van der Waals surface area contributed by atoms with Crippen LogP contribution in [-0.2, 0) is 11.2 Å². The molecule has 3 aromatic rings. The molecule has 152 valence electrons. The van der Waals surface area contributed by atoms with Gasteiger partial charge in [-0.05, 0) is 36.4 Å². The number of hydrogen-bond donors (Lipinski definition) is 1. The number of oxazole rings is 1. The van der Waals surface area contributed by atoms with Gasteiger partial charge in [-0.15, -0.1) is 0 Å². The van der Waals surface area contributed by atoms with E-state index in [9.17, 15) is 22.4 Å². The maximum atomic E-state index is 13.0. The number of hydrogen-bond acceptors (Lipinski definition) is 4. The molecule has 1 aromatic heterocycles. The maximum absolute atomic E-state index is 13.0. The summed E-state index contributed by atoms with van der Waals surface area (Å²) < 4.78 is 60.3. The summed E-state index contributed by atoms with van der Waals surface area (Å²) in [5, 5.41) is 2.52. The quantitative estimate of drug-likeness (QED) is 0.560. The minimum absolute atomic E-state index is 0.00300. The molecule has 0 atom stereocenters. The minimum atomic E-state index is -4.48. The summed E-state index contributed by atoms with van der Waals surface area (Å²) in [4.78, 5) is 16.2. The second-order valence-corrected chi connectivity index (χ2v) is 6.07. The van der Waals surface area contributed by atoms with E-state index in [1.807, 2.05) is 0 Å². The molecular formula is C20H16F4N2O3. The molecular weight excluding hydrogens is 392 g/mol. The first-order valence-corrected chi connectivity index (χ1v) is 8.59. The molecule has 0 saturated heterocycles. The van der Waals surface area contributed by atoms with E-state index < -0.39 is 18.7 Å². The van der Waals surface area contributed by atoms with Crippen molar-refractivity contribution in [1.29, 1.82) is 0 Å². The summed E-state index contributed by atoms with van der Waals surface area (Å²) >= 11 is 0. The van der Waals surface area contributed by atoms with Crippen molar-refractivity contribution in [3.8, 4) is 17.1 Å². The van der Waals surface area contributed by atoms with Gasteiger partial charge in [-0.25, -0.2) is 9.37 Å². The molecule has 0 fully saturated rings. The number of halogens is 4. The number of alkyl halides is 3. The van der Waals surface area contributed by atoms with Crippen molar-refractivity contribution in [3.63, 3.8) is 0 Å². The first-order valence-electron chi connectivity index (χ1n) is 8.59. The van der Waals surface area contributed by atoms with Crippen LogP contribution in [0.2, 0.25) is 0 Å². The topological polar surface area (TPSA) is 64.4 Å². The number of aromatic nitrogens is 1. The lowest BCUT2D eigenvalue weighted by molar-refractivity contribution is -0.153. The molecule has 0 spiro atoms. The molecule has 1 heterocycles. The van der Waals surface area contributed by atoms with Gasteiger partial charge in [-0.1, -0.05) is 12.1 Å². The zero-order valence-corrected chi connectivity index (χ0v) is 15.0. The van der Waals surface area contributed by atoms with Crippen LogP contribution >= 0.6 is 0 Å². The molecule has 0 aliphatic rings. The fraction of sp³-hybridized carbons (Fsp3) is 0.200. The highest BCUT2D eigenvalue weighted by atomic mass is 19.4. The van der Waals surface area contributed by atoms with Crippen LogP contribution < -0.4 is 10.1 Å². The van der Waals surface area contributed by atoms with Crippen molar-refractivity contribution in [1.82, 2.24) is 4.98 Å². The number of nitrogens with one attached hydrogen (secondary N) is 1. The first kappa shape index (κ1) is 20.4. The molecule has 1 amide bonds. The number of nitrogens with zero attached hydrogens (tertiary/aromatic N) is 1. The third kappa shape index (κ3) is 6.06. The predicted octanol–water partition coefficient (Wildman–Crippen LogP) is 4.99. The van der Waals surface area contributed by atoms with Crippen molar-refractivity contribution < 1.29 is 31.5 Å². The lowest BCUT2D eigenvalue weighted by Crippen LogP contribution is -2.20. The largest absolute Gasteiger partial charge is 0.482 e. The Bertz CT molecular complexity index is 968. The van der Waals surface area contributed by atoms with E-state index >= 15 is 0 Å². The van der Waals surface area contributed by atoms with Crippen molar-refractivity contribution in [3.05, 3.63) is 66.4 Å². The van der Waals surface area contributed by atoms with Gasteiger partial charge in [0.25, 0.3) is 0 Å². The lowest BCUT2D eigenvalue weighted by Gasteiger charge is -2.13. The van der Waals surface area contributed by atoms with Crippen LogP contribution in [-0.4, -0.2) is 23.7 Å². The Morgan fingerprint density at radius 2 is 1.83 bits per heavy atom. The second-order valence-electron chi connectivity index (χ2n) is 6.07. The van der Waals surface area contributed by atoms with Crippen LogP contribution in [0.15, 0.2) is 59.1 Å². The van der Waals surface area contributed by atoms with Gasteiger partial charge in [0.05, 0.1) is 11.9 Å². The average Bonchev–Trinajstić information content (AvgIpc) is 3.15. The van der Waals surface area contributed by atoms with Crippen LogP contribution in [0, 0.1) is 5.82 Å². The number of rotatable bonds is 7. The van der Waals surface area contributed by atoms with Crippen molar-refractivity contribution >= 4 is 11.6 Å². The number of amides is 1. The number of anilines is 1. The van der Waals surface area contributed by atoms with E-state index in [2.05, 4.69) is 10.3 Å². The Labute approximate surface area is 163 Å². The van der Waals surface area contributed by atoms with Crippen LogP contribution in [0.5, 0.6) is 5.75 Å². The van der Waals surface area contributed by atoms with Gasteiger partial charge in [0.2, 0.25) is 5.91 Å². The molecule has 0 unspecified atom stereocenters. The second kappa shape index (κ2) is 8.76. The summed E-state index contributed by atoms with van der Waals surface area (Å²) in [6, 6.07) is 11.5. The first-order chi connectivity index (χ1) is 13.8. The molecule has 9 heteroatoms. The fourth-order valence-electron chi connectivity index (χ4n) is 2.46. The predicted molar refractivity (Wildman–Crippen MR) is 96.8 cm³/mol. The van der Waals surface area contributed by atoms with E-state index in [1.165, 1.54) is 36.5 Å². The molecule has 0 aliphatic carbocycles. The van der Waals surface area contributed by atoms with Gasteiger partial charge in [-0.3, -0.25) is 4.79 Å². The van der Waals surface area contributed by atoms with Crippen LogP contribution in [0.1, 0.15) is 12.3 Å². The Morgan fingerprint density at radius 1 is 1.10 bits per heavy atom. The Balaban J connectivity index is 1.56. The van der Waals surface area contributed by atoms with Crippen LogP contribution in [0.4, 0.5) is 23.2 Å². The summed E-state index contributed by atoms with van der Waals surface area (Å²) in [6.45, 7) is -1.46. The van der Waals surface area contributed by atoms with Gasteiger partial charge in [0, 0.05) is 18.4 Å². The SMILES string of the molecule is O=C(CCc1ncc(-c2ccc(F)cc2)o1)Nc1ccccc1OCC(F)(F)F. The highest BCUT2D eigenvalue weighted by molar-refractivity contribution is 5.92. The molecule has 0 radical (unpaired) electrons. The number of ether oxygens (including phenoxy) is 1. The van der Waals surface area contributed by atoms with Crippen LogP contribution in [0.3, 0.4) is 0 Å². The van der Waals surface area contributed by atoms with Gasteiger partial charge < -0.3 is 14.5 Å². The van der Waals surface area contributed by atoms with E-state index in [0.29, 0.717) is 17.2 Å². The molecule has 0 saturated carbocycles. The average molecular weight is 408 g/mol. The smallest absolute Gasteiger partial charge is 0.422 e. The molecule has 0 bridgehead atoms. The maximum Gasteiger partial charge on any atom is 0.422 e. The molecule has 1 N–H and O–H groups in total. The van der Waals surface area contributed by atoms with Crippen molar-refractivity contribution in [2.45, 2.75) is 19.0 Å². The molecule has 29 heavy (non-hydrogen) atoms. The normalized spacial score (nSPS) is 11.3. The highest BCUT2D eigenvalue weighted by Gasteiger charge is 2.28. The Kier molecular flexibility index (Phi) is 6.16. The number of carbonyl (C=O) groups is 1. The number of benzene rings is 2. The van der Waals surface area contributed by atoms with E-state index in [1.54, 1.807) is 18.2 Å². The fourth-order valence-corrected chi connectivity index (χ4v) is 2.46. The van der Waals surface area contributed by atoms with Gasteiger partial charge in [0.1, 0.15) is 11.6 Å². The monoisotopic (exact) mass is 408 g/mol. The standard InChI is InChI=1S/C20H16F4N2O3/c21-14-7-5-13(6-8-14)17-11-25-19(29-17)10-9-18(27)26-15-3-1-2-4-16(15)28-12-20(22,23)24/h1-8,11H,9-10,12H2,(H,26,27). The van der Waals surface area contributed by atoms with Crippen molar-refractivity contribution in [2.75, 3.05) is 11.9 Å². The summed E-state index contributed by atoms with van der Waals surface area (Å²) in [5.74, 6) is -0.139. The summed E-state index contributed by atoms with van der Waals surface area (Å²) in [7, 11) is 0. The Hall–Kier alpha value is -3.36. The summed E-state index contributed by atoms with van der Waals surface area (Å²) in [5.41, 5.74) is 0.784. The number of carbonyl (C=O) groups excluding carboxylic acids is 1. The van der Waals surface area contributed by atoms with Crippen LogP contribution in [0.25, 0.3) is 11.3 Å². The van der Waals surface area contributed by atoms with Gasteiger partial charge in [0.15, 0.2) is 18.3 Å². The number of para-hydroxylation sites is 2. The van der Waals surface area contributed by atoms with E-state index in [0.717, 1.165) is 0 Å². The third-order valence-corrected chi connectivity index (χ3v) is 3.80. The summed E-state index contributed by atoms with van der Waals surface area (Å²) in [6.07, 6.45) is -2.83. The minimum Gasteiger partial charge on any atom is -0.482 e. The number of aryl methyl sites for hydroxylation is 1. The van der Waals surface area contributed by atoms with Gasteiger partial charge in [-0.2, -0.15) is 13.2 Å². The van der Waals surface area contributed by atoms with E-state index in [4.69, 9.17) is 9.15 Å². The zero-order valence-electron chi connectivity index (χ0n) is 15.0.